The summed E-state index contributed by atoms with van der Waals surface area (Å²) in [5.74, 6) is 4.50. The van der Waals surface area contributed by atoms with Gasteiger partial charge >= 0.3 is 0 Å². The van der Waals surface area contributed by atoms with Gasteiger partial charge in [0.15, 0.2) is 0 Å². The summed E-state index contributed by atoms with van der Waals surface area (Å²) >= 11 is 0. The van der Waals surface area contributed by atoms with E-state index in [1.807, 2.05) is 0 Å². The number of hydrogen-bond acceptors (Lipinski definition) is 2. The lowest BCUT2D eigenvalue weighted by Gasteiger charge is -2.32. The molecule has 5 aliphatic rings. The standard InChI is InChI=1S/C18H27NO2/c20-14-5-1-3-12(14)13-4-2-8-19(13)18(21)17-15-10-6-7-11(9-10)16(15)17/h10-17,20H,1-9H2. The molecule has 1 heterocycles. The van der Waals surface area contributed by atoms with Gasteiger partial charge in [0.1, 0.15) is 0 Å². The normalized spacial score (nSPS) is 54.2. The zero-order valence-corrected chi connectivity index (χ0v) is 12.8. The molecule has 0 aromatic carbocycles. The van der Waals surface area contributed by atoms with E-state index in [9.17, 15) is 9.90 Å². The van der Waals surface area contributed by atoms with E-state index in [1.165, 1.54) is 19.3 Å². The molecule has 2 bridgehead atoms. The van der Waals surface area contributed by atoms with Crippen molar-refractivity contribution in [2.75, 3.05) is 6.54 Å². The Kier molecular flexibility index (Phi) is 2.75. The van der Waals surface area contributed by atoms with Crippen molar-refractivity contribution in [3.05, 3.63) is 0 Å². The van der Waals surface area contributed by atoms with Gasteiger partial charge in [0, 0.05) is 24.4 Å². The maximum Gasteiger partial charge on any atom is 0.226 e. The number of carbonyl (C=O) groups is 1. The quantitative estimate of drug-likeness (QED) is 0.848. The zero-order valence-electron chi connectivity index (χ0n) is 12.8. The highest BCUT2D eigenvalue weighted by atomic mass is 16.3. The van der Waals surface area contributed by atoms with Crippen LogP contribution in [0.3, 0.4) is 0 Å². The van der Waals surface area contributed by atoms with Gasteiger partial charge in [-0.2, -0.15) is 0 Å². The van der Waals surface area contributed by atoms with E-state index in [0.717, 1.165) is 62.3 Å². The summed E-state index contributed by atoms with van der Waals surface area (Å²) in [6.07, 6.45) is 9.53. The summed E-state index contributed by atoms with van der Waals surface area (Å²) in [6.45, 7) is 0.956. The van der Waals surface area contributed by atoms with Crippen molar-refractivity contribution >= 4 is 5.91 Å². The number of nitrogens with zero attached hydrogens (tertiary/aromatic N) is 1. The van der Waals surface area contributed by atoms with Crippen molar-refractivity contribution in [2.24, 2.45) is 35.5 Å². The number of aliphatic hydroxyl groups excluding tert-OH is 1. The average Bonchev–Trinajstić information content (AvgIpc) is 2.99. The first-order valence-corrected chi connectivity index (χ1v) is 9.24. The summed E-state index contributed by atoms with van der Waals surface area (Å²) in [4.78, 5) is 15.3. The van der Waals surface area contributed by atoms with Crippen molar-refractivity contribution in [1.82, 2.24) is 4.90 Å². The third-order valence-electron chi connectivity index (χ3n) is 7.63. The first kappa shape index (κ1) is 12.9. The number of carbonyl (C=O) groups excluding carboxylic acids is 1. The van der Waals surface area contributed by atoms with E-state index >= 15 is 0 Å². The third-order valence-corrected chi connectivity index (χ3v) is 7.63. The molecule has 7 unspecified atom stereocenters. The molecule has 0 aromatic rings. The van der Waals surface area contributed by atoms with Crippen LogP contribution >= 0.6 is 0 Å². The molecule has 0 spiro atoms. The fraction of sp³-hybridized carbons (Fsp3) is 0.944. The number of fused-ring (bicyclic) bond motifs is 5. The van der Waals surface area contributed by atoms with Crippen LogP contribution in [0.25, 0.3) is 0 Å². The minimum absolute atomic E-state index is 0.154. The number of rotatable bonds is 2. The lowest BCUT2D eigenvalue weighted by molar-refractivity contribution is -0.136. The van der Waals surface area contributed by atoms with Gasteiger partial charge in [-0.15, -0.1) is 0 Å². The second-order valence-electron chi connectivity index (χ2n) is 8.42. The van der Waals surface area contributed by atoms with Crippen molar-refractivity contribution in [1.29, 1.82) is 0 Å². The molecule has 4 saturated carbocycles. The molecular weight excluding hydrogens is 262 g/mol. The Hall–Kier alpha value is -0.570. The molecule has 5 rings (SSSR count). The predicted molar refractivity (Wildman–Crippen MR) is 79.4 cm³/mol. The van der Waals surface area contributed by atoms with Gasteiger partial charge in [0.25, 0.3) is 0 Å². The van der Waals surface area contributed by atoms with E-state index < -0.39 is 0 Å². The Morgan fingerprint density at radius 1 is 0.952 bits per heavy atom. The fourth-order valence-corrected chi connectivity index (χ4v) is 6.78. The lowest BCUT2D eigenvalue weighted by Crippen LogP contribution is -2.43. The van der Waals surface area contributed by atoms with Gasteiger partial charge in [0.05, 0.1) is 6.10 Å². The Morgan fingerprint density at radius 3 is 2.38 bits per heavy atom. The van der Waals surface area contributed by atoms with Gasteiger partial charge in [-0.3, -0.25) is 4.79 Å². The largest absolute Gasteiger partial charge is 0.393 e. The van der Waals surface area contributed by atoms with Crippen molar-refractivity contribution < 1.29 is 9.90 Å². The summed E-state index contributed by atoms with van der Waals surface area (Å²) in [5, 5.41) is 10.2. The molecule has 5 fully saturated rings. The molecule has 4 aliphatic carbocycles. The summed E-state index contributed by atoms with van der Waals surface area (Å²) in [6, 6.07) is 0.356. The van der Waals surface area contributed by atoms with Gasteiger partial charge in [-0.1, -0.05) is 6.42 Å². The molecule has 1 amide bonds. The Balaban J connectivity index is 1.32. The van der Waals surface area contributed by atoms with Crippen LogP contribution in [0.4, 0.5) is 0 Å². The molecule has 7 atom stereocenters. The van der Waals surface area contributed by atoms with Crippen LogP contribution < -0.4 is 0 Å². The van der Waals surface area contributed by atoms with Crippen LogP contribution in [0.2, 0.25) is 0 Å². The Bertz CT molecular complexity index is 448. The van der Waals surface area contributed by atoms with Crippen molar-refractivity contribution in [2.45, 2.75) is 63.5 Å². The lowest BCUT2D eigenvalue weighted by atomic mass is 9.93. The molecule has 21 heavy (non-hydrogen) atoms. The molecular formula is C18H27NO2. The first-order valence-electron chi connectivity index (χ1n) is 9.24. The van der Waals surface area contributed by atoms with Crippen LogP contribution in [-0.2, 0) is 4.79 Å². The zero-order chi connectivity index (χ0) is 14.1. The summed E-state index contributed by atoms with van der Waals surface area (Å²) in [7, 11) is 0. The minimum Gasteiger partial charge on any atom is -0.393 e. The number of amides is 1. The Morgan fingerprint density at radius 2 is 1.71 bits per heavy atom. The summed E-state index contributed by atoms with van der Waals surface area (Å²) < 4.78 is 0. The Labute approximate surface area is 127 Å². The summed E-state index contributed by atoms with van der Waals surface area (Å²) in [5.41, 5.74) is 0. The highest BCUT2D eigenvalue weighted by molar-refractivity contribution is 5.83. The van der Waals surface area contributed by atoms with Crippen LogP contribution in [0.5, 0.6) is 0 Å². The number of likely N-dealkylation sites (tertiary alicyclic amines) is 1. The molecule has 3 heteroatoms. The van der Waals surface area contributed by atoms with Gasteiger partial charge in [0.2, 0.25) is 5.91 Å². The van der Waals surface area contributed by atoms with E-state index in [4.69, 9.17) is 0 Å². The maximum absolute atomic E-state index is 13.1. The second kappa shape index (κ2) is 4.47. The van der Waals surface area contributed by atoms with Crippen LogP contribution in [0.1, 0.15) is 51.4 Å². The molecule has 0 radical (unpaired) electrons. The molecule has 1 saturated heterocycles. The second-order valence-corrected chi connectivity index (χ2v) is 8.42. The van der Waals surface area contributed by atoms with Crippen LogP contribution in [0.15, 0.2) is 0 Å². The third kappa shape index (κ3) is 1.73. The smallest absolute Gasteiger partial charge is 0.226 e. The molecule has 116 valence electrons. The van der Waals surface area contributed by atoms with Crippen molar-refractivity contribution in [3.63, 3.8) is 0 Å². The molecule has 1 N–H and O–H groups in total. The monoisotopic (exact) mass is 289 g/mol. The van der Waals surface area contributed by atoms with E-state index in [0.29, 0.717) is 23.8 Å². The van der Waals surface area contributed by atoms with E-state index in [2.05, 4.69) is 4.90 Å². The highest BCUT2D eigenvalue weighted by Gasteiger charge is 2.68. The fourth-order valence-electron chi connectivity index (χ4n) is 6.78. The topological polar surface area (TPSA) is 40.5 Å². The van der Waals surface area contributed by atoms with E-state index in [1.54, 1.807) is 0 Å². The highest BCUT2D eigenvalue weighted by Crippen LogP contribution is 2.69. The number of hydrogen-bond donors (Lipinski definition) is 1. The molecule has 1 aliphatic heterocycles. The predicted octanol–water partition coefficient (Wildman–Crippen LogP) is 2.43. The molecule has 0 aromatic heterocycles. The SMILES string of the molecule is O=C(C1C2C3CCC(C3)C12)N1CCCC1C1CCCC1O. The number of aliphatic hydroxyl groups is 1. The van der Waals surface area contributed by atoms with Crippen LogP contribution in [0, 0.1) is 35.5 Å². The molecule has 3 nitrogen and oxygen atoms in total. The first-order chi connectivity index (χ1) is 10.3. The average molecular weight is 289 g/mol. The maximum atomic E-state index is 13.1. The van der Waals surface area contributed by atoms with Crippen LogP contribution in [-0.4, -0.2) is 34.6 Å². The van der Waals surface area contributed by atoms with Gasteiger partial charge in [-0.25, -0.2) is 0 Å². The van der Waals surface area contributed by atoms with E-state index in [-0.39, 0.29) is 6.10 Å². The minimum atomic E-state index is -0.154. The van der Waals surface area contributed by atoms with Gasteiger partial charge in [-0.05, 0) is 68.6 Å². The van der Waals surface area contributed by atoms with Gasteiger partial charge < -0.3 is 10.0 Å². The van der Waals surface area contributed by atoms with Crippen molar-refractivity contribution in [3.8, 4) is 0 Å².